The maximum absolute atomic E-state index is 13.1. The van der Waals surface area contributed by atoms with Gasteiger partial charge < -0.3 is 15.0 Å². The van der Waals surface area contributed by atoms with Gasteiger partial charge >= 0.3 is 6.18 Å². The molecular weight excluding hydrogens is 367 g/mol. The Bertz CT molecular complexity index is 677. The normalized spacial score (nSPS) is 21.7. The summed E-state index contributed by atoms with van der Waals surface area (Å²) in [6.07, 6.45) is -4.66. The van der Waals surface area contributed by atoms with Crippen molar-refractivity contribution in [2.45, 2.75) is 30.8 Å². The first kappa shape index (κ1) is 20.6. The van der Waals surface area contributed by atoms with Crippen molar-refractivity contribution >= 4 is 22.8 Å². The number of thioether (sulfide) groups is 1. The molecule has 2 rings (SSSR count). The molecule has 1 unspecified atom stereocenters. The summed E-state index contributed by atoms with van der Waals surface area (Å²) in [6.45, 7) is 4.00. The zero-order valence-corrected chi connectivity index (χ0v) is 15.9. The Balaban J connectivity index is 1.95. The number of nitrogens with zero attached hydrogens (tertiary/aromatic N) is 2. The quantitative estimate of drug-likeness (QED) is 0.810. The highest BCUT2D eigenvalue weighted by atomic mass is 32.2. The summed E-state index contributed by atoms with van der Waals surface area (Å²) < 4.78 is 42.3. The van der Waals surface area contributed by atoms with Crippen molar-refractivity contribution in [3.05, 3.63) is 29.8 Å². The Morgan fingerprint density at radius 2 is 1.92 bits per heavy atom. The molecule has 2 atom stereocenters. The van der Waals surface area contributed by atoms with E-state index >= 15 is 0 Å². The van der Waals surface area contributed by atoms with Crippen LogP contribution in [0.25, 0.3) is 0 Å². The van der Waals surface area contributed by atoms with Gasteiger partial charge in [0.25, 0.3) is 5.91 Å². The number of ether oxygens (including phenoxy) is 1. The number of hydrogen-bond acceptors (Lipinski definition) is 5. The van der Waals surface area contributed by atoms with Gasteiger partial charge in [0.2, 0.25) is 0 Å². The fourth-order valence-electron chi connectivity index (χ4n) is 2.17. The lowest BCUT2D eigenvalue weighted by atomic mass is 10.1. The van der Waals surface area contributed by atoms with Gasteiger partial charge in [-0.05, 0) is 45.6 Å². The average molecular weight is 389 g/mol. The highest BCUT2D eigenvalue weighted by Crippen LogP contribution is 2.46. The minimum Gasteiger partial charge on any atom is -0.492 e. The molecule has 1 aromatic rings. The van der Waals surface area contributed by atoms with Crippen LogP contribution in [0.15, 0.2) is 29.3 Å². The molecule has 5 nitrogen and oxygen atoms in total. The molecule has 0 aliphatic carbocycles. The summed E-state index contributed by atoms with van der Waals surface area (Å²) in [5, 5.41) is 2.86. The van der Waals surface area contributed by atoms with Gasteiger partial charge in [0.1, 0.15) is 12.4 Å². The van der Waals surface area contributed by atoms with E-state index in [9.17, 15) is 18.0 Å². The maximum Gasteiger partial charge on any atom is 0.412 e. The molecule has 0 bridgehead atoms. The van der Waals surface area contributed by atoms with Gasteiger partial charge in [-0.15, -0.1) is 0 Å². The van der Waals surface area contributed by atoms with E-state index in [2.05, 4.69) is 10.3 Å². The summed E-state index contributed by atoms with van der Waals surface area (Å²) in [6, 6.07) is 6.96. The molecule has 26 heavy (non-hydrogen) atoms. The second-order valence-corrected chi connectivity index (χ2v) is 7.85. The third kappa shape index (κ3) is 4.70. The van der Waals surface area contributed by atoms with Gasteiger partial charge in [0.05, 0.1) is 6.04 Å². The van der Waals surface area contributed by atoms with Crippen LogP contribution in [0.5, 0.6) is 5.75 Å². The van der Waals surface area contributed by atoms with Gasteiger partial charge in [-0.25, -0.2) is 0 Å². The molecule has 0 saturated carbocycles. The van der Waals surface area contributed by atoms with Crippen molar-refractivity contribution in [3.63, 3.8) is 0 Å². The largest absolute Gasteiger partial charge is 0.492 e. The van der Waals surface area contributed by atoms with Crippen molar-refractivity contribution in [2.24, 2.45) is 4.99 Å². The lowest BCUT2D eigenvalue weighted by Crippen LogP contribution is -2.44. The topological polar surface area (TPSA) is 53.9 Å². The second-order valence-electron chi connectivity index (χ2n) is 6.44. The van der Waals surface area contributed by atoms with Crippen LogP contribution in [0.2, 0.25) is 0 Å². The number of hydrogen-bond donors (Lipinski definition) is 1. The first-order valence-electron chi connectivity index (χ1n) is 8.06. The first-order chi connectivity index (χ1) is 12.0. The maximum atomic E-state index is 13.1. The van der Waals surface area contributed by atoms with E-state index in [1.54, 1.807) is 19.1 Å². The van der Waals surface area contributed by atoms with E-state index in [-0.39, 0.29) is 11.2 Å². The molecule has 0 saturated heterocycles. The third-order valence-electron chi connectivity index (χ3n) is 3.98. The summed E-state index contributed by atoms with van der Waals surface area (Å²) in [5.74, 6) is -0.468. The number of likely N-dealkylation sites (N-methyl/N-ethyl adjacent to an activating group) is 1. The number of benzene rings is 1. The number of nitrogens with one attached hydrogen (secondary N) is 1. The van der Waals surface area contributed by atoms with Gasteiger partial charge in [-0.3, -0.25) is 4.79 Å². The zero-order chi connectivity index (χ0) is 19.5. The summed E-state index contributed by atoms with van der Waals surface area (Å²) in [7, 11) is 3.91. The van der Waals surface area contributed by atoms with Crippen molar-refractivity contribution in [2.75, 3.05) is 27.2 Å². The van der Waals surface area contributed by atoms with Crippen LogP contribution < -0.4 is 10.1 Å². The second kappa shape index (κ2) is 7.87. The number of carbonyl (C=O) groups excluding carboxylic acids is 1. The number of halogens is 3. The molecule has 0 fully saturated rings. The lowest BCUT2D eigenvalue weighted by molar-refractivity contribution is -0.165. The molecule has 1 heterocycles. The van der Waals surface area contributed by atoms with E-state index in [4.69, 9.17) is 4.74 Å². The van der Waals surface area contributed by atoms with Crippen LogP contribution in [0.1, 0.15) is 25.5 Å². The predicted octanol–water partition coefficient (Wildman–Crippen LogP) is 3.23. The lowest BCUT2D eigenvalue weighted by Gasteiger charge is -2.23. The average Bonchev–Trinajstić information content (AvgIpc) is 2.82. The third-order valence-corrected chi connectivity index (χ3v) is 5.20. The number of rotatable bonds is 6. The van der Waals surface area contributed by atoms with Crippen molar-refractivity contribution in [1.82, 2.24) is 10.2 Å². The molecule has 0 aromatic heterocycles. The van der Waals surface area contributed by atoms with E-state index < -0.39 is 16.8 Å². The number of alkyl halides is 3. The molecule has 0 radical (unpaired) electrons. The number of aliphatic imine (C=N–C) groups is 1. The van der Waals surface area contributed by atoms with Crippen LogP contribution >= 0.6 is 11.8 Å². The smallest absolute Gasteiger partial charge is 0.412 e. The van der Waals surface area contributed by atoms with E-state index in [0.29, 0.717) is 18.4 Å². The minimum absolute atomic E-state index is 0.0198. The molecule has 1 aliphatic heterocycles. The highest BCUT2D eigenvalue weighted by Gasteiger charge is 2.61. The molecule has 1 aliphatic rings. The fourth-order valence-corrected chi connectivity index (χ4v) is 3.17. The molecular formula is C17H22F3N3O2S. The molecule has 144 valence electrons. The molecule has 1 amide bonds. The standard InChI is InChI=1S/C17H22F3N3O2S/c1-11(12-5-7-13(8-6-12)25-10-9-23(3)4)21-15-22-14(24)16(2,26-15)17(18,19)20/h5-8,11H,9-10H2,1-4H3,(H,21,22,24)/t11-,16?/m0/s1. The Morgan fingerprint density at radius 1 is 1.31 bits per heavy atom. The minimum atomic E-state index is -4.66. The first-order valence-corrected chi connectivity index (χ1v) is 8.87. The van der Waals surface area contributed by atoms with Crippen LogP contribution in [-0.2, 0) is 4.79 Å². The van der Waals surface area contributed by atoms with Gasteiger partial charge in [-0.2, -0.15) is 18.2 Å². The van der Waals surface area contributed by atoms with Crippen LogP contribution in [0.3, 0.4) is 0 Å². The Labute approximate surface area is 155 Å². The molecule has 1 N–H and O–H groups in total. The molecule has 1 aromatic carbocycles. The van der Waals surface area contributed by atoms with Crippen molar-refractivity contribution in [3.8, 4) is 5.75 Å². The van der Waals surface area contributed by atoms with Gasteiger partial charge in [-0.1, -0.05) is 23.9 Å². The predicted molar refractivity (Wildman–Crippen MR) is 96.5 cm³/mol. The monoisotopic (exact) mass is 389 g/mol. The van der Waals surface area contributed by atoms with Crippen LogP contribution in [0, 0.1) is 0 Å². The van der Waals surface area contributed by atoms with Crippen LogP contribution in [-0.4, -0.2) is 54.1 Å². The highest BCUT2D eigenvalue weighted by molar-refractivity contribution is 8.16. The SMILES string of the molecule is C[C@H](NC1=NC(=O)C(C)(C(F)(F)F)S1)c1ccc(OCCN(C)C)cc1. The van der Waals surface area contributed by atoms with Gasteiger partial charge in [0.15, 0.2) is 9.91 Å². The van der Waals surface area contributed by atoms with Crippen molar-refractivity contribution in [1.29, 1.82) is 0 Å². The number of amidine groups is 1. The number of carbonyl (C=O) groups is 1. The molecule has 9 heteroatoms. The van der Waals surface area contributed by atoms with Crippen LogP contribution in [0.4, 0.5) is 13.2 Å². The fraction of sp³-hybridized carbons (Fsp3) is 0.529. The van der Waals surface area contributed by atoms with E-state index in [0.717, 1.165) is 24.8 Å². The summed E-state index contributed by atoms with van der Waals surface area (Å²) in [4.78, 5) is 17.2. The number of amides is 1. The zero-order valence-electron chi connectivity index (χ0n) is 15.1. The summed E-state index contributed by atoms with van der Waals surface area (Å²) >= 11 is 0.403. The Hall–Kier alpha value is -1.74. The summed E-state index contributed by atoms with van der Waals surface area (Å²) in [5.41, 5.74) is 0.848. The Morgan fingerprint density at radius 3 is 2.42 bits per heavy atom. The molecule has 0 spiro atoms. The van der Waals surface area contributed by atoms with E-state index in [1.165, 1.54) is 0 Å². The van der Waals surface area contributed by atoms with Crippen molar-refractivity contribution < 1.29 is 22.7 Å². The van der Waals surface area contributed by atoms with E-state index in [1.807, 2.05) is 31.1 Å². The van der Waals surface area contributed by atoms with Gasteiger partial charge in [0, 0.05) is 6.54 Å². The Kier molecular flexibility index (Phi) is 6.23.